The molecule has 1 unspecified atom stereocenters. The van der Waals surface area contributed by atoms with E-state index >= 15 is 0 Å². The third-order valence-electron chi connectivity index (χ3n) is 3.29. The van der Waals surface area contributed by atoms with Crippen molar-refractivity contribution in [2.75, 3.05) is 11.9 Å². The van der Waals surface area contributed by atoms with E-state index in [9.17, 15) is 9.59 Å². The SMILES string of the molecule is O=C1Nc2ccc(Cl)cc2C(=O)N2CCCC12. The van der Waals surface area contributed by atoms with Crippen molar-refractivity contribution in [3.8, 4) is 0 Å². The highest BCUT2D eigenvalue weighted by Crippen LogP contribution is 2.30. The number of halogens is 1. The van der Waals surface area contributed by atoms with Crippen LogP contribution < -0.4 is 5.32 Å². The van der Waals surface area contributed by atoms with Crippen LogP contribution in [-0.4, -0.2) is 29.3 Å². The van der Waals surface area contributed by atoms with Crippen molar-refractivity contribution in [2.24, 2.45) is 0 Å². The summed E-state index contributed by atoms with van der Waals surface area (Å²) in [6.45, 7) is 0.642. The van der Waals surface area contributed by atoms with Crippen LogP contribution in [-0.2, 0) is 4.79 Å². The lowest BCUT2D eigenvalue weighted by atomic mass is 10.1. The second-order valence-electron chi connectivity index (χ2n) is 4.34. The molecule has 5 heteroatoms. The van der Waals surface area contributed by atoms with Gasteiger partial charge < -0.3 is 10.2 Å². The zero-order chi connectivity index (χ0) is 12.0. The maximum atomic E-state index is 12.3. The molecule has 1 saturated heterocycles. The molecule has 1 aromatic rings. The third-order valence-corrected chi connectivity index (χ3v) is 3.52. The molecule has 88 valence electrons. The van der Waals surface area contributed by atoms with Crippen LogP contribution in [0, 0.1) is 0 Å². The van der Waals surface area contributed by atoms with E-state index in [0.717, 1.165) is 12.8 Å². The van der Waals surface area contributed by atoms with E-state index in [1.165, 1.54) is 0 Å². The lowest BCUT2D eigenvalue weighted by Gasteiger charge is -2.19. The quantitative estimate of drug-likeness (QED) is 0.765. The predicted molar refractivity (Wildman–Crippen MR) is 64.1 cm³/mol. The molecule has 4 nitrogen and oxygen atoms in total. The summed E-state index contributed by atoms with van der Waals surface area (Å²) in [5.74, 6) is -0.208. The summed E-state index contributed by atoms with van der Waals surface area (Å²) in [5.41, 5.74) is 1.04. The molecular weight excluding hydrogens is 240 g/mol. The lowest BCUT2D eigenvalue weighted by Crippen LogP contribution is -2.40. The summed E-state index contributed by atoms with van der Waals surface area (Å²) in [5, 5.41) is 3.30. The number of rotatable bonds is 0. The fourth-order valence-electron chi connectivity index (χ4n) is 2.46. The fourth-order valence-corrected chi connectivity index (χ4v) is 2.63. The van der Waals surface area contributed by atoms with Gasteiger partial charge in [-0.25, -0.2) is 0 Å². The van der Waals surface area contributed by atoms with Gasteiger partial charge in [0.05, 0.1) is 11.3 Å². The molecule has 2 aliphatic heterocycles. The second-order valence-corrected chi connectivity index (χ2v) is 4.77. The number of nitrogens with zero attached hydrogens (tertiary/aromatic N) is 1. The largest absolute Gasteiger partial charge is 0.327 e. The van der Waals surface area contributed by atoms with Gasteiger partial charge in [0.2, 0.25) is 5.91 Å². The van der Waals surface area contributed by atoms with E-state index in [1.54, 1.807) is 23.1 Å². The van der Waals surface area contributed by atoms with Gasteiger partial charge in [-0.1, -0.05) is 11.6 Å². The summed E-state index contributed by atoms with van der Waals surface area (Å²) in [7, 11) is 0. The third kappa shape index (κ3) is 1.60. The number of nitrogens with one attached hydrogen (secondary N) is 1. The van der Waals surface area contributed by atoms with Gasteiger partial charge in [-0.15, -0.1) is 0 Å². The number of carbonyl (C=O) groups excluding carboxylic acids is 2. The predicted octanol–water partition coefficient (Wildman–Crippen LogP) is 1.90. The van der Waals surface area contributed by atoms with Gasteiger partial charge in [-0.05, 0) is 31.0 Å². The van der Waals surface area contributed by atoms with Crippen molar-refractivity contribution >= 4 is 29.1 Å². The van der Waals surface area contributed by atoms with Crippen molar-refractivity contribution in [1.82, 2.24) is 4.90 Å². The Bertz CT molecular complexity index is 515. The molecule has 3 rings (SSSR count). The Morgan fingerprint density at radius 2 is 2.18 bits per heavy atom. The molecule has 0 radical (unpaired) electrons. The van der Waals surface area contributed by atoms with Crippen LogP contribution in [0.4, 0.5) is 5.69 Å². The van der Waals surface area contributed by atoms with E-state index in [0.29, 0.717) is 22.8 Å². The molecule has 1 aromatic carbocycles. The number of fused-ring (bicyclic) bond motifs is 2. The lowest BCUT2D eigenvalue weighted by molar-refractivity contribution is -0.119. The van der Waals surface area contributed by atoms with Gasteiger partial charge in [0.1, 0.15) is 6.04 Å². The summed E-state index contributed by atoms with van der Waals surface area (Å²) < 4.78 is 0. The number of hydrogen-bond acceptors (Lipinski definition) is 2. The van der Waals surface area contributed by atoms with Crippen LogP contribution in [0.3, 0.4) is 0 Å². The van der Waals surface area contributed by atoms with Gasteiger partial charge in [-0.3, -0.25) is 9.59 Å². The van der Waals surface area contributed by atoms with E-state index in [2.05, 4.69) is 5.32 Å². The molecule has 2 aliphatic rings. The zero-order valence-corrected chi connectivity index (χ0v) is 9.83. The first-order valence-electron chi connectivity index (χ1n) is 5.58. The Morgan fingerprint density at radius 3 is 3.00 bits per heavy atom. The van der Waals surface area contributed by atoms with E-state index < -0.39 is 0 Å². The average molecular weight is 251 g/mol. The molecule has 0 bridgehead atoms. The van der Waals surface area contributed by atoms with Crippen LogP contribution in [0.5, 0.6) is 0 Å². The van der Waals surface area contributed by atoms with E-state index in [1.807, 2.05) is 0 Å². The molecule has 2 amide bonds. The van der Waals surface area contributed by atoms with Gasteiger partial charge in [0.15, 0.2) is 0 Å². The number of amides is 2. The van der Waals surface area contributed by atoms with Crippen molar-refractivity contribution in [3.05, 3.63) is 28.8 Å². The molecule has 0 aromatic heterocycles. The minimum absolute atomic E-state index is 0.100. The first-order chi connectivity index (χ1) is 8.16. The molecular formula is C12H11ClN2O2. The maximum Gasteiger partial charge on any atom is 0.256 e. The second kappa shape index (κ2) is 3.74. The van der Waals surface area contributed by atoms with Crippen molar-refractivity contribution in [3.63, 3.8) is 0 Å². The summed E-state index contributed by atoms with van der Waals surface area (Å²) in [4.78, 5) is 25.9. The smallest absolute Gasteiger partial charge is 0.256 e. The van der Waals surface area contributed by atoms with Crippen molar-refractivity contribution in [1.29, 1.82) is 0 Å². The normalized spacial score (nSPS) is 22.9. The van der Waals surface area contributed by atoms with Gasteiger partial charge in [0, 0.05) is 11.6 Å². The molecule has 2 heterocycles. The molecule has 1 N–H and O–H groups in total. The molecule has 0 aliphatic carbocycles. The maximum absolute atomic E-state index is 12.3. The van der Waals surface area contributed by atoms with Gasteiger partial charge >= 0.3 is 0 Å². The number of carbonyl (C=O) groups is 2. The Morgan fingerprint density at radius 1 is 1.35 bits per heavy atom. The highest BCUT2D eigenvalue weighted by molar-refractivity contribution is 6.31. The number of benzene rings is 1. The number of hydrogen-bond donors (Lipinski definition) is 1. The summed E-state index contributed by atoms with van der Waals surface area (Å²) in [6.07, 6.45) is 1.61. The topological polar surface area (TPSA) is 49.4 Å². The Balaban J connectivity index is 2.12. The highest BCUT2D eigenvalue weighted by Gasteiger charge is 2.38. The average Bonchev–Trinajstić information content (AvgIpc) is 2.76. The first kappa shape index (κ1) is 10.6. The highest BCUT2D eigenvalue weighted by atomic mass is 35.5. The van der Waals surface area contributed by atoms with Gasteiger partial charge in [0.25, 0.3) is 5.91 Å². The number of anilines is 1. The molecule has 0 saturated carbocycles. The summed E-state index contributed by atoms with van der Waals surface area (Å²) in [6, 6.07) is 4.63. The van der Waals surface area contributed by atoms with Crippen LogP contribution in [0.1, 0.15) is 23.2 Å². The molecule has 0 spiro atoms. The molecule has 17 heavy (non-hydrogen) atoms. The van der Waals surface area contributed by atoms with Crippen molar-refractivity contribution in [2.45, 2.75) is 18.9 Å². The van der Waals surface area contributed by atoms with Gasteiger partial charge in [-0.2, -0.15) is 0 Å². The fraction of sp³-hybridized carbons (Fsp3) is 0.333. The van der Waals surface area contributed by atoms with Crippen LogP contribution >= 0.6 is 11.6 Å². The van der Waals surface area contributed by atoms with Crippen LogP contribution in [0.2, 0.25) is 5.02 Å². The zero-order valence-electron chi connectivity index (χ0n) is 9.07. The summed E-state index contributed by atoms with van der Waals surface area (Å²) >= 11 is 5.89. The van der Waals surface area contributed by atoms with Crippen LogP contribution in [0.15, 0.2) is 18.2 Å². The molecule has 1 atom stereocenters. The monoisotopic (exact) mass is 250 g/mol. The Labute approximate surface area is 104 Å². The standard InChI is InChI=1S/C12H11ClN2O2/c13-7-3-4-9-8(6-7)12(17)15-5-1-2-10(15)11(16)14-9/h3-4,6,10H,1-2,5H2,(H,14,16). The van der Waals surface area contributed by atoms with E-state index in [-0.39, 0.29) is 17.9 Å². The first-order valence-corrected chi connectivity index (χ1v) is 5.96. The minimum atomic E-state index is -0.325. The molecule has 1 fully saturated rings. The van der Waals surface area contributed by atoms with Crippen LogP contribution in [0.25, 0.3) is 0 Å². The van der Waals surface area contributed by atoms with Crippen molar-refractivity contribution < 1.29 is 9.59 Å². The Hall–Kier alpha value is -1.55. The van der Waals surface area contributed by atoms with E-state index in [4.69, 9.17) is 11.6 Å². The Kier molecular flexibility index (Phi) is 2.33. The minimum Gasteiger partial charge on any atom is -0.327 e.